The SMILES string of the molecule is C#CCC.CCN=[N+]=[N-].CCc1cn(CC)nn1. The Morgan fingerprint density at radius 1 is 1.44 bits per heavy atom. The van der Waals surface area contributed by atoms with Gasteiger partial charge < -0.3 is 0 Å². The molecule has 0 N–H and O–H groups in total. The molecule has 0 atom stereocenters. The van der Waals surface area contributed by atoms with E-state index in [1.807, 2.05) is 24.7 Å². The summed E-state index contributed by atoms with van der Waals surface area (Å²) in [6.07, 6.45) is 8.57. The second-order valence-corrected chi connectivity index (χ2v) is 3.02. The molecule has 18 heavy (non-hydrogen) atoms. The van der Waals surface area contributed by atoms with Gasteiger partial charge in [0.25, 0.3) is 0 Å². The molecule has 0 bridgehead atoms. The van der Waals surface area contributed by atoms with Crippen molar-refractivity contribution in [3.63, 3.8) is 0 Å². The third-order valence-electron chi connectivity index (χ3n) is 1.68. The normalized spacial score (nSPS) is 7.72. The highest BCUT2D eigenvalue weighted by Crippen LogP contribution is 1.91. The molecular weight excluding hydrogens is 228 g/mol. The first-order valence-corrected chi connectivity index (χ1v) is 6.03. The van der Waals surface area contributed by atoms with Gasteiger partial charge in [0.05, 0.1) is 5.69 Å². The van der Waals surface area contributed by atoms with Gasteiger partial charge in [-0.15, -0.1) is 17.4 Å². The number of aromatic nitrogens is 3. The molecule has 0 aromatic carbocycles. The van der Waals surface area contributed by atoms with E-state index in [9.17, 15) is 0 Å². The van der Waals surface area contributed by atoms with Crippen LogP contribution < -0.4 is 0 Å². The average molecular weight is 250 g/mol. The molecule has 0 radical (unpaired) electrons. The van der Waals surface area contributed by atoms with Gasteiger partial charge in [-0.05, 0) is 18.9 Å². The maximum Gasteiger partial charge on any atom is 0.0824 e. The number of hydrogen-bond acceptors (Lipinski definition) is 3. The average Bonchev–Trinajstić information content (AvgIpc) is 2.88. The van der Waals surface area contributed by atoms with Crippen molar-refractivity contribution in [3.8, 4) is 12.3 Å². The molecule has 0 aliphatic rings. The lowest BCUT2D eigenvalue weighted by atomic mass is 10.4. The van der Waals surface area contributed by atoms with E-state index in [2.05, 4.69) is 33.2 Å². The minimum atomic E-state index is 0.552. The van der Waals surface area contributed by atoms with Crippen LogP contribution in [0.1, 0.15) is 39.8 Å². The van der Waals surface area contributed by atoms with Gasteiger partial charge in [0.1, 0.15) is 0 Å². The van der Waals surface area contributed by atoms with E-state index in [1.165, 1.54) is 0 Å². The molecule has 1 heterocycles. The highest BCUT2D eigenvalue weighted by atomic mass is 15.4. The second kappa shape index (κ2) is 15.0. The fraction of sp³-hybridized carbons (Fsp3) is 0.667. The van der Waals surface area contributed by atoms with Crippen molar-refractivity contribution in [3.05, 3.63) is 22.3 Å². The summed E-state index contributed by atoms with van der Waals surface area (Å²) in [5.41, 5.74) is 8.59. The fourth-order valence-electron chi connectivity index (χ4n) is 0.718. The third-order valence-corrected chi connectivity index (χ3v) is 1.68. The fourth-order valence-corrected chi connectivity index (χ4v) is 0.718. The maximum atomic E-state index is 7.52. The Morgan fingerprint density at radius 2 is 2.06 bits per heavy atom. The predicted octanol–water partition coefficient (Wildman–Crippen LogP) is 3.21. The van der Waals surface area contributed by atoms with Crippen LogP contribution in [0.25, 0.3) is 10.4 Å². The van der Waals surface area contributed by atoms with E-state index < -0.39 is 0 Å². The summed E-state index contributed by atoms with van der Waals surface area (Å²) >= 11 is 0. The zero-order valence-corrected chi connectivity index (χ0v) is 11.7. The van der Waals surface area contributed by atoms with Gasteiger partial charge in [0.2, 0.25) is 0 Å². The molecule has 0 amide bonds. The molecule has 1 aromatic heterocycles. The zero-order chi connectivity index (χ0) is 14.2. The largest absolute Gasteiger partial charge is 0.253 e. The summed E-state index contributed by atoms with van der Waals surface area (Å²) in [6.45, 7) is 9.32. The minimum absolute atomic E-state index is 0.552. The van der Waals surface area contributed by atoms with Gasteiger partial charge in [-0.25, -0.2) is 0 Å². The molecule has 1 rings (SSSR count). The molecule has 0 saturated heterocycles. The van der Waals surface area contributed by atoms with Gasteiger partial charge in [0.15, 0.2) is 0 Å². The van der Waals surface area contributed by atoms with Crippen LogP contribution in [0.15, 0.2) is 11.3 Å². The number of nitrogens with zero attached hydrogens (tertiary/aromatic N) is 6. The molecule has 1 aromatic rings. The van der Waals surface area contributed by atoms with Crippen molar-refractivity contribution in [2.75, 3.05) is 6.54 Å². The van der Waals surface area contributed by atoms with Crippen LogP contribution in [0.5, 0.6) is 0 Å². The third kappa shape index (κ3) is 12.1. The summed E-state index contributed by atoms with van der Waals surface area (Å²) in [7, 11) is 0. The van der Waals surface area contributed by atoms with Crippen molar-refractivity contribution in [1.82, 2.24) is 15.0 Å². The highest BCUT2D eigenvalue weighted by molar-refractivity contribution is 4.90. The first kappa shape index (κ1) is 18.4. The molecule has 6 heteroatoms. The summed E-state index contributed by atoms with van der Waals surface area (Å²) in [5.74, 6) is 2.43. The maximum absolute atomic E-state index is 7.52. The van der Waals surface area contributed by atoms with Crippen molar-refractivity contribution in [2.24, 2.45) is 5.11 Å². The Balaban J connectivity index is 0. The Morgan fingerprint density at radius 3 is 2.22 bits per heavy atom. The lowest BCUT2D eigenvalue weighted by Gasteiger charge is -1.86. The predicted molar refractivity (Wildman–Crippen MR) is 73.9 cm³/mol. The monoisotopic (exact) mass is 250 g/mol. The number of hydrogen-bond donors (Lipinski definition) is 0. The smallest absolute Gasteiger partial charge is 0.0824 e. The van der Waals surface area contributed by atoms with E-state index in [-0.39, 0.29) is 0 Å². The van der Waals surface area contributed by atoms with Crippen LogP contribution in [-0.2, 0) is 13.0 Å². The van der Waals surface area contributed by atoms with Crippen molar-refractivity contribution >= 4 is 0 Å². The van der Waals surface area contributed by atoms with Gasteiger partial charge >= 0.3 is 0 Å². The summed E-state index contributed by atoms with van der Waals surface area (Å²) in [5, 5.41) is 10.9. The Labute approximate surface area is 109 Å². The van der Waals surface area contributed by atoms with Crippen molar-refractivity contribution < 1.29 is 0 Å². The number of azide groups is 1. The first-order chi connectivity index (χ1) is 8.69. The van der Waals surface area contributed by atoms with E-state index >= 15 is 0 Å². The Hall–Kier alpha value is -1.99. The van der Waals surface area contributed by atoms with E-state index in [1.54, 1.807) is 6.92 Å². The molecule has 100 valence electrons. The van der Waals surface area contributed by atoms with E-state index in [4.69, 9.17) is 12.0 Å². The number of aryl methyl sites for hydroxylation is 2. The Kier molecular flexibility index (Phi) is 15.3. The standard InChI is InChI=1S/C6H11N3.C4H6.C2H5N3/c1-3-6-5-9(4-2)8-7-6;1-3-4-2;1-2-4-5-3/h5H,3-4H2,1-2H3;1H,4H2,2H3;2H2,1H3. The summed E-state index contributed by atoms with van der Waals surface area (Å²) < 4.78 is 1.83. The second-order valence-electron chi connectivity index (χ2n) is 3.02. The van der Waals surface area contributed by atoms with Gasteiger partial charge in [-0.1, -0.05) is 31.1 Å². The molecule has 0 fully saturated rings. The van der Waals surface area contributed by atoms with E-state index in [0.717, 1.165) is 25.1 Å². The van der Waals surface area contributed by atoms with Crippen LogP contribution in [0.4, 0.5) is 0 Å². The van der Waals surface area contributed by atoms with Crippen LogP contribution in [0.2, 0.25) is 0 Å². The molecule has 6 nitrogen and oxygen atoms in total. The van der Waals surface area contributed by atoms with Crippen LogP contribution >= 0.6 is 0 Å². The molecular formula is C12H22N6. The molecule has 0 aliphatic heterocycles. The van der Waals surface area contributed by atoms with Gasteiger partial charge in [-0.3, -0.25) is 4.68 Å². The molecule has 0 saturated carbocycles. The highest BCUT2D eigenvalue weighted by Gasteiger charge is 1.92. The topological polar surface area (TPSA) is 79.5 Å². The Bertz CT molecular complexity index is 352. The van der Waals surface area contributed by atoms with E-state index in [0.29, 0.717) is 6.54 Å². The van der Waals surface area contributed by atoms with Crippen molar-refractivity contribution in [2.45, 2.75) is 47.1 Å². The zero-order valence-electron chi connectivity index (χ0n) is 11.7. The summed E-state index contributed by atoms with van der Waals surface area (Å²) in [4.78, 5) is 2.48. The van der Waals surface area contributed by atoms with Gasteiger partial charge in [-0.2, -0.15) is 0 Å². The van der Waals surface area contributed by atoms with Crippen LogP contribution in [0, 0.1) is 12.3 Å². The van der Waals surface area contributed by atoms with Crippen LogP contribution in [0.3, 0.4) is 0 Å². The van der Waals surface area contributed by atoms with Gasteiger partial charge in [0, 0.05) is 30.6 Å². The van der Waals surface area contributed by atoms with Crippen LogP contribution in [-0.4, -0.2) is 21.5 Å². The number of terminal acetylenes is 1. The number of rotatable bonds is 3. The quantitative estimate of drug-likeness (QED) is 0.357. The summed E-state index contributed by atoms with van der Waals surface area (Å²) in [6, 6.07) is 0. The molecule has 0 unspecified atom stereocenters. The lowest BCUT2D eigenvalue weighted by molar-refractivity contribution is 0.626. The minimum Gasteiger partial charge on any atom is -0.253 e. The first-order valence-electron chi connectivity index (χ1n) is 6.03. The van der Waals surface area contributed by atoms with Crippen molar-refractivity contribution in [1.29, 1.82) is 0 Å². The molecule has 0 aliphatic carbocycles. The lowest BCUT2D eigenvalue weighted by Crippen LogP contribution is -1.93. The molecule has 0 spiro atoms.